The summed E-state index contributed by atoms with van der Waals surface area (Å²) >= 11 is 5.43. The lowest BCUT2D eigenvalue weighted by atomic mass is 10.2. The Morgan fingerprint density at radius 3 is 2.79 bits per heavy atom. The molecule has 0 aliphatic rings. The van der Waals surface area contributed by atoms with Crippen LogP contribution in [-0.4, -0.2) is 20.9 Å². The zero-order chi connectivity index (χ0) is 10.6. The van der Waals surface area contributed by atoms with Gasteiger partial charge in [0, 0.05) is 18.1 Å². The van der Waals surface area contributed by atoms with E-state index in [1.165, 1.54) is 17.2 Å². The molecule has 0 bridgehead atoms. The van der Waals surface area contributed by atoms with Crippen LogP contribution in [0.15, 0.2) is 11.1 Å². The van der Waals surface area contributed by atoms with E-state index in [9.17, 15) is 0 Å². The van der Waals surface area contributed by atoms with Crippen LogP contribution in [0.1, 0.15) is 19.0 Å². The summed E-state index contributed by atoms with van der Waals surface area (Å²) in [6.07, 6.45) is 1.23. The van der Waals surface area contributed by atoms with Gasteiger partial charge in [-0.3, -0.25) is 4.68 Å². The van der Waals surface area contributed by atoms with E-state index in [1.807, 2.05) is 30.4 Å². The predicted molar refractivity (Wildman–Crippen MR) is 66.2 cm³/mol. The third-order valence-corrected chi connectivity index (χ3v) is 4.45. The van der Waals surface area contributed by atoms with Crippen LogP contribution in [0, 0.1) is 12.8 Å². The monoisotopic (exact) mass is 276 g/mol. The summed E-state index contributed by atoms with van der Waals surface area (Å²) in [6, 6.07) is 2.14. The molecule has 0 spiro atoms. The second-order valence-electron chi connectivity index (χ2n) is 3.49. The number of hydrogen-bond donors (Lipinski definition) is 0. The first-order chi connectivity index (χ1) is 6.67. The van der Waals surface area contributed by atoms with Gasteiger partial charge in [0.05, 0.1) is 10.7 Å². The van der Waals surface area contributed by atoms with Crippen molar-refractivity contribution in [2.45, 2.75) is 25.3 Å². The van der Waals surface area contributed by atoms with Crippen LogP contribution in [-0.2, 0) is 7.05 Å². The normalized spacial score (nSPS) is 13.1. The van der Waals surface area contributed by atoms with Gasteiger partial charge in [0.1, 0.15) is 0 Å². The van der Waals surface area contributed by atoms with Crippen molar-refractivity contribution >= 4 is 27.7 Å². The fourth-order valence-electron chi connectivity index (χ4n) is 1.20. The van der Waals surface area contributed by atoms with Crippen molar-refractivity contribution in [3.63, 3.8) is 0 Å². The zero-order valence-electron chi connectivity index (χ0n) is 8.96. The molecule has 2 nitrogen and oxygen atoms in total. The zero-order valence-corrected chi connectivity index (χ0v) is 11.4. The van der Waals surface area contributed by atoms with Crippen molar-refractivity contribution in [1.82, 2.24) is 9.78 Å². The molecule has 0 amide bonds. The molecule has 80 valence electrons. The molecule has 0 aliphatic carbocycles. The highest BCUT2D eigenvalue weighted by Gasteiger charge is 2.07. The molecular weight excluding hydrogens is 260 g/mol. The Morgan fingerprint density at radius 2 is 2.36 bits per heavy atom. The summed E-state index contributed by atoms with van der Waals surface area (Å²) in [5, 5.41) is 6.68. The second-order valence-corrected chi connectivity index (χ2v) is 5.17. The fourth-order valence-corrected chi connectivity index (χ4v) is 3.43. The van der Waals surface area contributed by atoms with Crippen LogP contribution in [0.25, 0.3) is 0 Å². The Morgan fingerprint density at radius 1 is 1.64 bits per heavy atom. The van der Waals surface area contributed by atoms with Crippen molar-refractivity contribution in [2.75, 3.05) is 11.1 Å². The molecular formula is C10H17BrN2S. The number of alkyl halides is 1. The molecule has 1 atom stereocenters. The van der Waals surface area contributed by atoms with Gasteiger partial charge in [0.15, 0.2) is 0 Å². The fraction of sp³-hybridized carbons (Fsp3) is 0.700. The molecule has 0 radical (unpaired) electrons. The lowest BCUT2D eigenvalue weighted by molar-refractivity contribution is 0.647. The summed E-state index contributed by atoms with van der Waals surface area (Å²) < 4.78 is 1.96. The van der Waals surface area contributed by atoms with Crippen molar-refractivity contribution in [2.24, 2.45) is 13.0 Å². The van der Waals surface area contributed by atoms with E-state index in [2.05, 4.69) is 34.0 Å². The van der Waals surface area contributed by atoms with Gasteiger partial charge < -0.3 is 0 Å². The summed E-state index contributed by atoms with van der Waals surface area (Å²) in [7, 11) is 2.00. The molecule has 0 aliphatic heterocycles. The number of hydrogen-bond acceptors (Lipinski definition) is 2. The van der Waals surface area contributed by atoms with Crippen LogP contribution in [0.5, 0.6) is 0 Å². The van der Waals surface area contributed by atoms with E-state index in [-0.39, 0.29) is 0 Å². The maximum Gasteiger partial charge on any atom is 0.0939 e. The number of rotatable bonds is 5. The van der Waals surface area contributed by atoms with Gasteiger partial charge in [-0.15, -0.1) is 11.8 Å². The van der Waals surface area contributed by atoms with E-state index in [4.69, 9.17) is 0 Å². The highest BCUT2D eigenvalue weighted by molar-refractivity contribution is 9.09. The van der Waals surface area contributed by atoms with Gasteiger partial charge in [-0.05, 0) is 18.9 Å². The van der Waals surface area contributed by atoms with Crippen LogP contribution in [0.3, 0.4) is 0 Å². The molecule has 14 heavy (non-hydrogen) atoms. The minimum atomic E-state index is 0.759. The molecule has 0 saturated carbocycles. The minimum Gasteiger partial charge on any atom is -0.262 e. The van der Waals surface area contributed by atoms with Gasteiger partial charge in [-0.2, -0.15) is 5.10 Å². The van der Waals surface area contributed by atoms with Gasteiger partial charge in [-0.25, -0.2) is 0 Å². The van der Waals surface area contributed by atoms with Gasteiger partial charge in [-0.1, -0.05) is 29.3 Å². The Labute approximate surface area is 98.6 Å². The summed E-state index contributed by atoms with van der Waals surface area (Å²) in [5.74, 6) is 1.93. The van der Waals surface area contributed by atoms with E-state index in [0.717, 1.165) is 16.9 Å². The van der Waals surface area contributed by atoms with Gasteiger partial charge >= 0.3 is 0 Å². The SMILES string of the molecule is CCC(CBr)CSc1cc(C)nn1C. The van der Waals surface area contributed by atoms with Crippen LogP contribution >= 0.6 is 27.7 Å². The van der Waals surface area contributed by atoms with Crippen LogP contribution in [0.2, 0.25) is 0 Å². The Kier molecular flexibility index (Phi) is 5.02. The Balaban J connectivity index is 2.48. The molecule has 0 saturated heterocycles. The first-order valence-electron chi connectivity index (χ1n) is 4.86. The lowest BCUT2D eigenvalue weighted by Crippen LogP contribution is -2.04. The molecule has 4 heteroatoms. The summed E-state index contributed by atoms with van der Waals surface area (Å²) in [5.41, 5.74) is 1.10. The number of aryl methyl sites for hydroxylation is 2. The van der Waals surface area contributed by atoms with Crippen LogP contribution < -0.4 is 0 Å². The second kappa shape index (κ2) is 5.81. The standard InChI is InChI=1S/C10H17BrN2S/c1-4-9(6-11)7-14-10-5-8(2)12-13(10)3/h5,9H,4,6-7H2,1-3H3. The topological polar surface area (TPSA) is 17.8 Å². The van der Waals surface area contributed by atoms with E-state index in [1.54, 1.807) is 0 Å². The summed E-state index contributed by atoms with van der Waals surface area (Å²) in [6.45, 7) is 4.27. The third-order valence-electron chi connectivity index (χ3n) is 2.22. The van der Waals surface area contributed by atoms with Crippen molar-refractivity contribution in [1.29, 1.82) is 0 Å². The molecule has 1 aromatic rings. The number of nitrogens with zero attached hydrogens (tertiary/aromatic N) is 2. The molecule has 1 unspecified atom stereocenters. The molecule has 1 aromatic heterocycles. The minimum absolute atomic E-state index is 0.759. The smallest absolute Gasteiger partial charge is 0.0939 e. The largest absolute Gasteiger partial charge is 0.262 e. The molecule has 0 aromatic carbocycles. The predicted octanol–water partition coefficient (Wildman–Crippen LogP) is 3.24. The third kappa shape index (κ3) is 3.31. The van der Waals surface area contributed by atoms with E-state index in [0.29, 0.717) is 0 Å². The Bertz CT molecular complexity index is 282. The number of aromatic nitrogens is 2. The first kappa shape index (κ1) is 12.1. The molecule has 1 heterocycles. The van der Waals surface area contributed by atoms with Crippen molar-refractivity contribution < 1.29 is 0 Å². The van der Waals surface area contributed by atoms with Crippen LogP contribution in [0.4, 0.5) is 0 Å². The maximum atomic E-state index is 4.32. The van der Waals surface area contributed by atoms with E-state index >= 15 is 0 Å². The Hall–Kier alpha value is 0.0400. The van der Waals surface area contributed by atoms with Gasteiger partial charge in [0.25, 0.3) is 0 Å². The highest BCUT2D eigenvalue weighted by atomic mass is 79.9. The molecule has 1 rings (SSSR count). The van der Waals surface area contributed by atoms with Crippen molar-refractivity contribution in [3.05, 3.63) is 11.8 Å². The number of thioether (sulfide) groups is 1. The maximum absolute atomic E-state index is 4.32. The van der Waals surface area contributed by atoms with Crippen molar-refractivity contribution in [3.8, 4) is 0 Å². The molecule has 0 N–H and O–H groups in total. The quantitative estimate of drug-likeness (QED) is 0.607. The van der Waals surface area contributed by atoms with Gasteiger partial charge in [0.2, 0.25) is 0 Å². The average Bonchev–Trinajstić information content (AvgIpc) is 2.47. The average molecular weight is 277 g/mol. The molecule has 0 fully saturated rings. The van der Waals surface area contributed by atoms with E-state index < -0.39 is 0 Å². The lowest BCUT2D eigenvalue weighted by Gasteiger charge is -2.09. The highest BCUT2D eigenvalue weighted by Crippen LogP contribution is 2.23. The number of halogens is 1. The summed E-state index contributed by atoms with van der Waals surface area (Å²) in [4.78, 5) is 0. The first-order valence-corrected chi connectivity index (χ1v) is 6.97.